The van der Waals surface area contributed by atoms with Gasteiger partial charge in [0.15, 0.2) is 0 Å². The second-order valence-corrected chi connectivity index (χ2v) is 4.64. The summed E-state index contributed by atoms with van der Waals surface area (Å²) in [5.74, 6) is -1.46. The van der Waals surface area contributed by atoms with Crippen molar-refractivity contribution in [2.24, 2.45) is 11.7 Å². The molecule has 0 spiro atoms. The minimum atomic E-state index is -0.863. The Morgan fingerprint density at radius 1 is 1.42 bits per heavy atom. The van der Waals surface area contributed by atoms with Gasteiger partial charge in [0.25, 0.3) is 5.91 Å². The number of benzene rings is 1. The van der Waals surface area contributed by atoms with E-state index >= 15 is 0 Å². The number of nitrogens with zero attached hydrogens (tertiary/aromatic N) is 1. The quantitative estimate of drug-likeness (QED) is 0.854. The van der Waals surface area contributed by atoms with Gasteiger partial charge in [0.1, 0.15) is 6.04 Å². The molecule has 0 radical (unpaired) electrons. The van der Waals surface area contributed by atoms with Crippen LogP contribution in [-0.4, -0.2) is 17.9 Å². The number of hydrogen-bond acceptors (Lipinski definition) is 3. The second kappa shape index (κ2) is 6.76. The molecule has 2 amide bonds. The molecule has 0 saturated carbocycles. The first kappa shape index (κ1) is 15.0. The molecule has 6 heteroatoms. The molecule has 100 valence electrons. The summed E-state index contributed by atoms with van der Waals surface area (Å²) in [6.07, 6.45) is 0.186. The molecule has 0 aliphatic carbocycles. The lowest BCUT2D eigenvalue weighted by Gasteiger charge is -2.16. The van der Waals surface area contributed by atoms with Gasteiger partial charge in [-0.25, -0.2) is 0 Å². The first-order valence-electron chi connectivity index (χ1n) is 5.69. The fourth-order valence-electron chi connectivity index (χ4n) is 1.50. The highest BCUT2D eigenvalue weighted by Crippen LogP contribution is 2.10. The number of halogens is 1. The SMILES string of the molecule is C[C@@H](C#N)C[C@@H](NC(=O)c1ccc(Cl)cc1)C(N)=O. The Labute approximate surface area is 116 Å². The molecule has 0 unspecified atom stereocenters. The van der Waals surface area contributed by atoms with E-state index in [9.17, 15) is 9.59 Å². The van der Waals surface area contributed by atoms with E-state index in [1.807, 2.05) is 6.07 Å². The Hall–Kier alpha value is -2.06. The van der Waals surface area contributed by atoms with Gasteiger partial charge < -0.3 is 11.1 Å². The van der Waals surface area contributed by atoms with E-state index in [0.29, 0.717) is 10.6 Å². The van der Waals surface area contributed by atoms with Gasteiger partial charge in [0.05, 0.1) is 6.07 Å². The monoisotopic (exact) mass is 279 g/mol. The predicted molar refractivity (Wildman–Crippen MR) is 71.3 cm³/mol. The summed E-state index contributed by atoms with van der Waals surface area (Å²) >= 11 is 5.72. The number of hydrogen-bond donors (Lipinski definition) is 2. The maximum atomic E-state index is 11.9. The summed E-state index contributed by atoms with van der Waals surface area (Å²) in [6.45, 7) is 1.66. The van der Waals surface area contributed by atoms with Crippen LogP contribution in [0.5, 0.6) is 0 Å². The number of nitrogens with two attached hydrogens (primary N) is 1. The van der Waals surface area contributed by atoms with Crippen molar-refractivity contribution in [3.8, 4) is 6.07 Å². The molecular weight excluding hydrogens is 266 g/mol. The van der Waals surface area contributed by atoms with Crippen LogP contribution < -0.4 is 11.1 Å². The molecule has 0 aliphatic heterocycles. The molecule has 3 N–H and O–H groups in total. The van der Waals surface area contributed by atoms with Gasteiger partial charge in [0, 0.05) is 16.5 Å². The third-order valence-corrected chi connectivity index (χ3v) is 2.82. The highest BCUT2D eigenvalue weighted by atomic mass is 35.5. The Bertz CT molecular complexity index is 508. The molecule has 0 fully saturated rings. The average molecular weight is 280 g/mol. The summed E-state index contributed by atoms with van der Waals surface area (Å²) in [5, 5.41) is 11.7. The van der Waals surface area contributed by atoms with E-state index in [1.54, 1.807) is 31.2 Å². The van der Waals surface area contributed by atoms with Crippen LogP contribution in [0, 0.1) is 17.2 Å². The summed E-state index contributed by atoms with van der Waals surface area (Å²) in [4.78, 5) is 23.1. The van der Waals surface area contributed by atoms with E-state index in [1.165, 1.54) is 0 Å². The molecule has 0 bridgehead atoms. The Balaban J connectivity index is 2.74. The first-order chi connectivity index (χ1) is 8.93. The standard InChI is InChI=1S/C13H14ClN3O2/c1-8(7-15)6-11(12(16)18)17-13(19)9-2-4-10(14)5-3-9/h2-5,8,11H,6H2,1H3,(H2,16,18)(H,17,19)/t8-,11-/m1/s1. The number of carbonyl (C=O) groups is 2. The minimum Gasteiger partial charge on any atom is -0.368 e. The lowest BCUT2D eigenvalue weighted by atomic mass is 10.0. The van der Waals surface area contributed by atoms with Gasteiger partial charge >= 0.3 is 0 Å². The van der Waals surface area contributed by atoms with Gasteiger partial charge in [0.2, 0.25) is 5.91 Å². The molecule has 0 saturated heterocycles. The molecule has 0 aromatic heterocycles. The summed E-state index contributed by atoms with van der Waals surface area (Å²) in [7, 11) is 0. The second-order valence-electron chi connectivity index (χ2n) is 4.20. The van der Waals surface area contributed by atoms with Crippen molar-refractivity contribution in [3.05, 3.63) is 34.9 Å². The maximum absolute atomic E-state index is 11.9. The number of nitrogens with one attached hydrogen (secondary N) is 1. The van der Waals surface area contributed by atoms with Crippen LogP contribution in [0.1, 0.15) is 23.7 Å². The topological polar surface area (TPSA) is 96.0 Å². The van der Waals surface area contributed by atoms with Crippen LogP contribution in [0.2, 0.25) is 5.02 Å². The minimum absolute atomic E-state index is 0.186. The Kier molecular flexibility index (Phi) is 5.34. The summed E-state index contributed by atoms with van der Waals surface area (Å²) in [6, 6.07) is 7.38. The zero-order valence-electron chi connectivity index (χ0n) is 10.4. The molecule has 0 aliphatic rings. The molecule has 1 aromatic carbocycles. The molecule has 1 rings (SSSR count). The van der Waals surface area contributed by atoms with Crippen molar-refractivity contribution >= 4 is 23.4 Å². The van der Waals surface area contributed by atoms with Crippen LogP contribution in [-0.2, 0) is 4.79 Å². The molecule has 2 atom stereocenters. The van der Waals surface area contributed by atoms with Gasteiger partial charge in [-0.3, -0.25) is 9.59 Å². The Morgan fingerprint density at radius 2 is 2.00 bits per heavy atom. The van der Waals surface area contributed by atoms with Gasteiger partial charge in [-0.05, 0) is 37.6 Å². The third-order valence-electron chi connectivity index (χ3n) is 2.56. The molecule has 5 nitrogen and oxygen atoms in total. The highest BCUT2D eigenvalue weighted by Gasteiger charge is 2.21. The molecule has 1 aromatic rings. The van der Waals surface area contributed by atoms with Crippen molar-refractivity contribution in [1.82, 2.24) is 5.32 Å². The fraction of sp³-hybridized carbons (Fsp3) is 0.308. The van der Waals surface area contributed by atoms with Crippen molar-refractivity contribution in [1.29, 1.82) is 5.26 Å². The van der Waals surface area contributed by atoms with Crippen LogP contribution in [0.3, 0.4) is 0 Å². The smallest absolute Gasteiger partial charge is 0.251 e. The predicted octanol–water partition coefficient (Wildman–Crippen LogP) is 1.47. The van der Waals surface area contributed by atoms with Crippen molar-refractivity contribution in [3.63, 3.8) is 0 Å². The van der Waals surface area contributed by atoms with Crippen LogP contribution in [0.4, 0.5) is 0 Å². The highest BCUT2D eigenvalue weighted by molar-refractivity contribution is 6.30. The van der Waals surface area contributed by atoms with E-state index < -0.39 is 17.9 Å². The largest absolute Gasteiger partial charge is 0.368 e. The number of primary amides is 1. The molecular formula is C13H14ClN3O2. The van der Waals surface area contributed by atoms with Crippen LogP contribution in [0.25, 0.3) is 0 Å². The van der Waals surface area contributed by atoms with Crippen molar-refractivity contribution in [2.45, 2.75) is 19.4 Å². The molecule has 19 heavy (non-hydrogen) atoms. The lowest BCUT2D eigenvalue weighted by Crippen LogP contribution is -2.45. The average Bonchev–Trinajstić information content (AvgIpc) is 2.38. The van der Waals surface area contributed by atoms with E-state index in [0.717, 1.165) is 0 Å². The molecule has 0 heterocycles. The van der Waals surface area contributed by atoms with Crippen molar-refractivity contribution in [2.75, 3.05) is 0 Å². The normalized spacial score (nSPS) is 13.1. The number of rotatable bonds is 5. The number of carbonyl (C=O) groups excluding carboxylic acids is 2. The first-order valence-corrected chi connectivity index (χ1v) is 6.07. The fourth-order valence-corrected chi connectivity index (χ4v) is 1.62. The van der Waals surface area contributed by atoms with Crippen LogP contribution in [0.15, 0.2) is 24.3 Å². The van der Waals surface area contributed by atoms with Gasteiger partial charge in [-0.15, -0.1) is 0 Å². The van der Waals surface area contributed by atoms with Crippen molar-refractivity contribution < 1.29 is 9.59 Å². The summed E-state index contributed by atoms with van der Waals surface area (Å²) in [5.41, 5.74) is 5.58. The number of amides is 2. The zero-order valence-corrected chi connectivity index (χ0v) is 11.1. The van der Waals surface area contributed by atoms with Gasteiger partial charge in [-0.2, -0.15) is 5.26 Å². The van der Waals surface area contributed by atoms with E-state index in [4.69, 9.17) is 22.6 Å². The van der Waals surface area contributed by atoms with Gasteiger partial charge in [-0.1, -0.05) is 11.6 Å². The zero-order chi connectivity index (χ0) is 14.4. The van der Waals surface area contributed by atoms with E-state index in [2.05, 4.69) is 5.32 Å². The third kappa shape index (κ3) is 4.60. The van der Waals surface area contributed by atoms with E-state index in [-0.39, 0.29) is 12.3 Å². The number of nitriles is 1. The summed E-state index contributed by atoms with van der Waals surface area (Å²) < 4.78 is 0. The van der Waals surface area contributed by atoms with Crippen LogP contribution >= 0.6 is 11.6 Å². The Morgan fingerprint density at radius 3 is 2.47 bits per heavy atom. The lowest BCUT2D eigenvalue weighted by molar-refractivity contribution is -0.120. The maximum Gasteiger partial charge on any atom is 0.251 e.